The SMILES string of the molecule is O=C(Cc1ccncc1Cl)c1ccc(F)cc1Br. The summed E-state index contributed by atoms with van der Waals surface area (Å²) in [4.78, 5) is 15.9. The zero-order valence-corrected chi connectivity index (χ0v) is 11.5. The monoisotopic (exact) mass is 327 g/mol. The summed E-state index contributed by atoms with van der Waals surface area (Å²) < 4.78 is 13.4. The summed E-state index contributed by atoms with van der Waals surface area (Å²) in [5.41, 5.74) is 1.14. The van der Waals surface area contributed by atoms with Gasteiger partial charge in [0, 0.05) is 28.9 Å². The second kappa shape index (κ2) is 5.59. The van der Waals surface area contributed by atoms with E-state index in [1.807, 2.05) is 0 Å². The van der Waals surface area contributed by atoms with Crippen LogP contribution in [0, 0.1) is 5.82 Å². The Balaban J connectivity index is 2.25. The van der Waals surface area contributed by atoms with E-state index in [0.29, 0.717) is 20.6 Å². The Hall–Kier alpha value is -1.26. The second-order valence-corrected chi connectivity index (χ2v) is 4.95. The molecule has 0 aliphatic heterocycles. The van der Waals surface area contributed by atoms with E-state index >= 15 is 0 Å². The van der Waals surface area contributed by atoms with Crippen molar-refractivity contribution in [3.05, 3.63) is 63.1 Å². The molecule has 92 valence electrons. The number of aromatic nitrogens is 1. The first-order valence-corrected chi connectivity index (χ1v) is 6.31. The van der Waals surface area contributed by atoms with E-state index in [4.69, 9.17) is 11.6 Å². The van der Waals surface area contributed by atoms with Gasteiger partial charge in [0.25, 0.3) is 0 Å². The number of pyridine rings is 1. The molecule has 0 N–H and O–H groups in total. The van der Waals surface area contributed by atoms with Crippen molar-refractivity contribution in [2.75, 3.05) is 0 Å². The first-order valence-electron chi connectivity index (χ1n) is 5.14. The quantitative estimate of drug-likeness (QED) is 0.795. The maximum Gasteiger partial charge on any atom is 0.168 e. The number of hydrogen-bond donors (Lipinski definition) is 0. The number of halogens is 3. The summed E-state index contributed by atoms with van der Waals surface area (Å²) in [6, 6.07) is 5.67. The molecule has 2 aromatic rings. The lowest BCUT2D eigenvalue weighted by Crippen LogP contribution is -2.05. The lowest BCUT2D eigenvalue weighted by atomic mass is 10.0. The Labute approximate surface area is 117 Å². The van der Waals surface area contributed by atoms with Crippen LogP contribution in [0.1, 0.15) is 15.9 Å². The topological polar surface area (TPSA) is 30.0 Å². The Morgan fingerprint density at radius 3 is 2.83 bits per heavy atom. The van der Waals surface area contributed by atoms with Gasteiger partial charge in [-0.25, -0.2) is 4.39 Å². The van der Waals surface area contributed by atoms with Gasteiger partial charge >= 0.3 is 0 Å². The van der Waals surface area contributed by atoms with Crippen LogP contribution >= 0.6 is 27.5 Å². The molecule has 5 heteroatoms. The summed E-state index contributed by atoms with van der Waals surface area (Å²) in [5, 5.41) is 0.448. The van der Waals surface area contributed by atoms with Crippen molar-refractivity contribution in [1.82, 2.24) is 4.98 Å². The van der Waals surface area contributed by atoms with Gasteiger partial charge in [0.1, 0.15) is 5.82 Å². The molecule has 0 aliphatic rings. The normalized spacial score (nSPS) is 10.4. The average Bonchev–Trinajstić information content (AvgIpc) is 2.32. The summed E-state index contributed by atoms with van der Waals surface area (Å²) in [7, 11) is 0. The summed E-state index contributed by atoms with van der Waals surface area (Å²) in [6.07, 6.45) is 3.23. The standard InChI is InChI=1S/C13H8BrClFNO/c14-11-6-9(16)1-2-10(11)13(18)5-8-3-4-17-7-12(8)15/h1-4,6-7H,5H2. The van der Waals surface area contributed by atoms with Gasteiger partial charge in [0.15, 0.2) is 5.78 Å². The zero-order valence-electron chi connectivity index (χ0n) is 9.16. The number of rotatable bonds is 3. The molecule has 1 heterocycles. The number of hydrogen-bond acceptors (Lipinski definition) is 2. The van der Waals surface area contributed by atoms with Gasteiger partial charge in [-0.05, 0) is 45.8 Å². The highest BCUT2D eigenvalue weighted by Crippen LogP contribution is 2.22. The van der Waals surface area contributed by atoms with Gasteiger partial charge in [0.2, 0.25) is 0 Å². The van der Waals surface area contributed by atoms with E-state index in [0.717, 1.165) is 0 Å². The van der Waals surface area contributed by atoms with Crippen LogP contribution in [-0.4, -0.2) is 10.8 Å². The largest absolute Gasteiger partial charge is 0.294 e. The molecule has 0 amide bonds. The van der Waals surface area contributed by atoms with Crippen molar-refractivity contribution >= 4 is 33.3 Å². The Morgan fingerprint density at radius 2 is 2.17 bits per heavy atom. The molecule has 1 aromatic heterocycles. The van der Waals surface area contributed by atoms with Gasteiger partial charge in [-0.15, -0.1) is 0 Å². The summed E-state index contributed by atoms with van der Waals surface area (Å²) in [5.74, 6) is -0.518. The van der Waals surface area contributed by atoms with Gasteiger partial charge in [-0.1, -0.05) is 11.6 Å². The van der Waals surface area contributed by atoms with Crippen LogP contribution in [0.2, 0.25) is 5.02 Å². The molecular weight excluding hydrogens is 321 g/mol. The summed E-state index contributed by atoms with van der Waals surface area (Å²) in [6.45, 7) is 0. The van der Waals surface area contributed by atoms with Crippen LogP contribution in [-0.2, 0) is 6.42 Å². The number of nitrogens with zero attached hydrogens (tertiary/aromatic N) is 1. The molecule has 0 unspecified atom stereocenters. The minimum Gasteiger partial charge on any atom is -0.294 e. The predicted octanol–water partition coefficient (Wildman–Crippen LogP) is 4.06. The lowest BCUT2D eigenvalue weighted by Gasteiger charge is -2.05. The van der Waals surface area contributed by atoms with E-state index in [1.54, 1.807) is 12.3 Å². The van der Waals surface area contributed by atoms with E-state index in [9.17, 15) is 9.18 Å². The first kappa shape index (κ1) is 13.2. The number of Topliss-reactive ketones (excluding diaryl/α,β-unsaturated/α-hetero) is 1. The molecule has 0 spiro atoms. The van der Waals surface area contributed by atoms with Crippen LogP contribution in [0.5, 0.6) is 0 Å². The molecule has 0 radical (unpaired) electrons. The Bertz CT molecular complexity index is 603. The minimum absolute atomic E-state index is 0.130. The molecule has 0 saturated heterocycles. The highest BCUT2D eigenvalue weighted by molar-refractivity contribution is 9.10. The van der Waals surface area contributed by atoms with Crippen LogP contribution in [0.15, 0.2) is 41.1 Å². The molecule has 18 heavy (non-hydrogen) atoms. The van der Waals surface area contributed by atoms with E-state index < -0.39 is 0 Å². The molecule has 2 rings (SSSR count). The maximum atomic E-state index is 12.9. The Morgan fingerprint density at radius 1 is 1.39 bits per heavy atom. The molecule has 0 fully saturated rings. The van der Waals surface area contributed by atoms with Crippen molar-refractivity contribution in [3.8, 4) is 0 Å². The van der Waals surface area contributed by atoms with Crippen LogP contribution < -0.4 is 0 Å². The third-order valence-corrected chi connectivity index (χ3v) is 3.44. The molecule has 0 bridgehead atoms. The second-order valence-electron chi connectivity index (χ2n) is 3.69. The Kier molecular flexibility index (Phi) is 4.09. The van der Waals surface area contributed by atoms with Gasteiger partial charge in [-0.2, -0.15) is 0 Å². The van der Waals surface area contributed by atoms with Crippen LogP contribution in [0.25, 0.3) is 0 Å². The highest BCUT2D eigenvalue weighted by Gasteiger charge is 2.13. The van der Waals surface area contributed by atoms with E-state index in [2.05, 4.69) is 20.9 Å². The van der Waals surface area contributed by atoms with Crippen molar-refractivity contribution < 1.29 is 9.18 Å². The minimum atomic E-state index is -0.389. The van der Waals surface area contributed by atoms with Gasteiger partial charge in [-0.3, -0.25) is 9.78 Å². The molecule has 2 nitrogen and oxygen atoms in total. The maximum absolute atomic E-state index is 12.9. The van der Waals surface area contributed by atoms with Crippen molar-refractivity contribution in [1.29, 1.82) is 0 Å². The molecule has 0 saturated carbocycles. The number of benzene rings is 1. The average molecular weight is 329 g/mol. The third-order valence-electron chi connectivity index (χ3n) is 2.44. The van der Waals surface area contributed by atoms with Gasteiger partial charge in [0.05, 0.1) is 5.02 Å². The lowest BCUT2D eigenvalue weighted by molar-refractivity contribution is 0.0992. The van der Waals surface area contributed by atoms with E-state index in [1.165, 1.54) is 24.4 Å². The third kappa shape index (κ3) is 2.94. The summed E-state index contributed by atoms with van der Waals surface area (Å²) >= 11 is 9.11. The highest BCUT2D eigenvalue weighted by atomic mass is 79.9. The molecule has 0 atom stereocenters. The molecular formula is C13H8BrClFNO. The fraction of sp³-hybridized carbons (Fsp3) is 0.0769. The molecule has 1 aromatic carbocycles. The predicted molar refractivity (Wildman–Crippen MR) is 71.4 cm³/mol. The van der Waals surface area contributed by atoms with Crippen LogP contribution in [0.4, 0.5) is 4.39 Å². The smallest absolute Gasteiger partial charge is 0.168 e. The number of ketones is 1. The van der Waals surface area contributed by atoms with Crippen molar-refractivity contribution in [2.45, 2.75) is 6.42 Å². The van der Waals surface area contributed by atoms with Gasteiger partial charge < -0.3 is 0 Å². The fourth-order valence-corrected chi connectivity index (χ4v) is 2.29. The number of carbonyl (C=O) groups excluding carboxylic acids is 1. The first-order chi connectivity index (χ1) is 8.58. The van der Waals surface area contributed by atoms with Crippen molar-refractivity contribution in [2.24, 2.45) is 0 Å². The molecule has 0 aliphatic carbocycles. The number of carbonyl (C=O) groups is 1. The van der Waals surface area contributed by atoms with Crippen LogP contribution in [0.3, 0.4) is 0 Å². The fourth-order valence-electron chi connectivity index (χ4n) is 1.53. The van der Waals surface area contributed by atoms with E-state index in [-0.39, 0.29) is 18.0 Å². The zero-order chi connectivity index (χ0) is 13.1. The van der Waals surface area contributed by atoms with Crippen molar-refractivity contribution in [3.63, 3.8) is 0 Å².